The summed E-state index contributed by atoms with van der Waals surface area (Å²) in [5, 5.41) is 22.5. The van der Waals surface area contributed by atoms with E-state index in [2.05, 4.69) is 16.8 Å². The van der Waals surface area contributed by atoms with Crippen molar-refractivity contribution in [2.75, 3.05) is 26.2 Å². The Bertz CT molecular complexity index is 410. The van der Waals surface area contributed by atoms with Crippen LogP contribution >= 0.6 is 24.8 Å². The molecule has 0 amide bonds. The average Bonchev–Trinajstić information content (AvgIpc) is 2.34. The third kappa shape index (κ3) is 4.28. The molecule has 0 bridgehead atoms. The lowest BCUT2D eigenvalue weighted by atomic mass is 10.0. The molecule has 0 radical (unpaired) electrons. The first kappa shape index (κ1) is 18.1. The summed E-state index contributed by atoms with van der Waals surface area (Å²) in [6, 6.07) is 4.71. The van der Waals surface area contributed by atoms with Crippen molar-refractivity contribution in [1.29, 1.82) is 0 Å². The number of rotatable bonds is 3. The Hall–Kier alpha value is -0.940. The van der Waals surface area contributed by atoms with E-state index in [4.69, 9.17) is 0 Å². The van der Waals surface area contributed by atoms with Crippen molar-refractivity contribution in [3.63, 3.8) is 0 Å². The molecule has 1 saturated heterocycles. The molecule has 1 fully saturated rings. The summed E-state index contributed by atoms with van der Waals surface area (Å²) in [6.07, 6.45) is 1.83. The van der Waals surface area contributed by atoms with Gasteiger partial charge >= 0.3 is 0 Å². The number of aromatic hydroxyl groups is 2. The van der Waals surface area contributed by atoms with E-state index >= 15 is 0 Å². The van der Waals surface area contributed by atoms with Crippen molar-refractivity contribution in [1.82, 2.24) is 10.2 Å². The number of nitrogens with zero attached hydrogens (tertiary/aromatic N) is 1. The van der Waals surface area contributed by atoms with Crippen molar-refractivity contribution in [3.05, 3.63) is 36.4 Å². The van der Waals surface area contributed by atoms with Crippen LogP contribution in [0.3, 0.4) is 0 Å². The molecule has 1 atom stereocenters. The standard InChI is InChI=1S/C13H18N2O2.2ClH/c1-2-12(15-7-5-14-6-8-15)11-4-3-10(16)9-13(11)17;;/h2-4,9,12,14,16-17H,1,5-8H2;2*1H/t12-;;/m1../s1. The molecule has 19 heavy (non-hydrogen) atoms. The first-order valence-corrected chi connectivity index (χ1v) is 5.81. The van der Waals surface area contributed by atoms with Crippen LogP contribution in [0.25, 0.3) is 0 Å². The van der Waals surface area contributed by atoms with Crippen LogP contribution in [0.15, 0.2) is 30.9 Å². The molecule has 108 valence electrons. The Labute approximate surface area is 125 Å². The number of benzene rings is 1. The fourth-order valence-corrected chi connectivity index (χ4v) is 2.22. The lowest BCUT2D eigenvalue weighted by Gasteiger charge is -2.33. The Morgan fingerprint density at radius 3 is 2.37 bits per heavy atom. The number of phenols is 2. The van der Waals surface area contributed by atoms with Gasteiger partial charge in [-0.25, -0.2) is 0 Å². The van der Waals surface area contributed by atoms with Gasteiger partial charge in [-0.05, 0) is 12.1 Å². The predicted octanol–water partition coefficient (Wildman–Crippen LogP) is 2.07. The summed E-state index contributed by atoms with van der Waals surface area (Å²) in [5.41, 5.74) is 0.791. The van der Waals surface area contributed by atoms with E-state index in [1.807, 2.05) is 6.08 Å². The number of piperazine rings is 1. The Morgan fingerprint density at radius 1 is 1.21 bits per heavy atom. The Kier molecular flexibility index (Phi) is 7.87. The van der Waals surface area contributed by atoms with Crippen LogP contribution in [0.5, 0.6) is 11.5 Å². The lowest BCUT2D eigenvalue weighted by Crippen LogP contribution is -2.44. The minimum Gasteiger partial charge on any atom is -0.508 e. The topological polar surface area (TPSA) is 55.7 Å². The van der Waals surface area contributed by atoms with Crippen LogP contribution in [0.4, 0.5) is 0 Å². The molecular formula is C13H20Cl2N2O2. The highest BCUT2D eigenvalue weighted by atomic mass is 35.5. The zero-order valence-electron chi connectivity index (χ0n) is 10.6. The van der Waals surface area contributed by atoms with Crippen LogP contribution in [0.2, 0.25) is 0 Å². The molecule has 3 N–H and O–H groups in total. The Morgan fingerprint density at radius 2 is 1.84 bits per heavy atom. The molecule has 1 aromatic carbocycles. The van der Waals surface area contributed by atoms with E-state index in [1.165, 1.54) is 6.07 Å². The van der Waals surface area contributed by atoms with Gasteiger partial charge in [0.05, 0.1) is 6.04 Å². The molecular weight excluding hydrogens is 287 g/mol. The first-order valence-electron chi connectivity index (χ1n) is 5.81. The molecule has 4 nitrogen and oxygen atoms in total. The molecule has 0 spiro atoms. The molecule has 1 heterocycles. The molecule has 6 heteroatoms. The third-order valence-corrected chi connectivity index (χ3v) is 3.10. The average molecular weight is 307 g/mol. The zero-order chi connectivity index (χ0) is 12.3. The van der Waals surface area contributed by atoms with Crippen molar-refractivity contribution in [2.24, 2.45) is 0 Å². The van der Waals surface area contributed by atoms with Crippen molar-refractivity contribution >= 4 is 24.8 Å². The first-order chi connectivity index (χ1) is 8.22. The van der Waals surface area contributed by atoms with Gasteiger partial charge < -0.3 is 15.5 Å². The van der Waals surface area contributed by atoms with Gasteiger partial charge in [0, 0.05) is 37.8 Å². The number of halogens is 2. The van der Waals surface area contributed by atoms with Crippen LogP contribution < -0.4 is 5.32 Å². The minimum absolute atomic E-state index is 0. The fourth-order valence-electron chi connectivity index (χ4n) is 2.22. The molecule has 1 aliphatic rings. The highest BCUT2D eigenvalue weighted by molar-refractivity contribution is 5.85. The van der Waals surface area contributed by atoms with E-state index in [-0.39, 0.29) is 42.4 Å². The number of phenolic OH excluding ortho intramolecular Hbond substituents is 2. The second-order valence-electron chi connectivity index (χ2n) is 4.21. The summed E-state index contributed by atoms with van der Waals surface area (Å²) < 4.78 is 0. The molecule has 0 unspecified atom stereocenters. The highest BCUT2D eigenvalue weighted by Crippen LogP contribution is 2.32. The Balaban J connectivity index is 0.00000162. The predicted molar refractivity (Wildman–Crippen MR) is 81.6 cm³/mol. The van der Waals surface area contributed by atoms with Crippen LogP contribution in [-0.4, -0.2) is 41.3 Å². The molecule has 0 aromatic heterocycles. The van der Waals surface area contributed by atoms with Gasteiger partial charge in [-0.2, -0.15) is 0 Å². The summed E-state index contributed by atoms with van der Waals surface area (Å²) in [5.74, 6) is 0.197. The van der Waals surface area contributed by atoms with E-state index in [0.717, 1.165) is 31.7 Å². The van der Waals surface area contributed by atoms with Crippen molar-refractivity contribution in [3.8, 4) is 11.5 Å². The lowest BCUT2D eigenvalue weighted by molar-refractivity contribution is 0.201. The van der Waals surface area contributed by atoms with Gasteiger partial charge in [0.2, 0.25) is 0 Å². The van der Waals surface area contributed by atoms with Crippen molar-refractivity contribution in [2.45, 2.75) is 6.04 Å². The van der Waals surface area contributed by atoms with Gasteiger partial charge in [0.15, 0.2) is 0 Å². The maximum Gasteiger partial charge on any atom is 0.124 e. The fraction of sp³-hybridized carbons (Fsp3) is 0.385. The van der Waals surface area contributed by atoms with Crippen LogP contribution in [0.1, 0.15) is 11.6 Å². The second kappa shape index (κ2) is 8.27. The highest BCUT2D eigenvalue weighted by Gasteiger charge is 2.21. The summed E-state index contributed by atoms with van der Waals surface area (Å²) in [7, 11) is 0. The van der Waals surface area contributed by atoms with Crippen LogP contribution in [-0.2, 0) is 0 Å². The number of hydrogen-bond donors (Lipinski definition) is 3. The summed E-state index contributed by atoms with van der Waals surface area (Å²) >= 11 is 0. The molecule has 0 saturated carbocycles. The minimum atomic E-state index is -0.00213. The SMILES string of the molecule is C=C[C@H](c1ccc(O)cc1O)N1CCNCC1.Cl.Cl. The van der Waals surface area contributed by atoms with Crippen LogP contribution in [0, 0.1) is 0 Å². The van der Waals surface area contributed by atoms with Gasteiger partial charge in [-0.1, -0.05) is 6.08 Å². The molecule has 1 aromatic rings. The van der Waals surface area contributed by atoms with E-state index in [1.54, 1.807) is 12.1 Å². The summed E-state index contributed by atoms with van der Waals surface area (Å²) in [6.45, 7) is 7.59. The number of nitrogens with one attached hydrogen (secondary N) is 1. The van der Waals surface area contributed by atoms with E-state index in [0.29, 0.717) is 0 Å². The third-order valence-electron chi connectivity index (χ3n) is 3.10. The van der Waals surface area contributed by atoms with Gasteiger partial charge in [-0.15, -0.1) is 31.4 Å². The van der Waals surface area contributed by atoms with E-state index in [9.17, 15) is 10.2 Å². The normalized spacial score (nSPS) is 16.8. The van der Waals surface area contributed by atoms with Gasteiger partial charge in [0.25, 0.3) is 0 Å². The van der Waals surface area contributed by atoms with E-state index < -0.39 is 0 Å². The molecule has 2 rings (SSSR count). The van der Waals surface area contributed by atoms with Gasteiger partial charge in [0.1, 0.15) is 11.5 Å². The largest absolute Gasteiger partial charge is 0.508 e. The van der Waals surface area contributed by atoms with Crippen molar-refractivity contribution < 1.29 is 10.2 Å². The smallest absolute Gasteiger partial charge is 0.124 e. The maximum absolute atomic E-state index is 9.87. The molecule has 1 aliphatic heterocycles. The van der Waals surface area contributed by atoms with Gasteiger partial charge in [-0.3, -0.25) is 4.90 Å². The maximum atomic E-state index is 9.87. The number of hydrogen-bond acceptors (Lipinski definition) is 4. The second-order valence-corrected chi connectivity index (χ2v) is 4.21. The quantitative estimate of drug-likeness (QED) is 0.748. The monoisotopic (exact) mass is 306 g/mol. The molecule has 0 aliphatic carbocycles. The summed E-state index contributed by atoms with van der Waals surface area (Å²) in [4.78, 5) is 2.26. The zero-order valence-corrected chi connectivity index (χ0v) is 12.2.